The molecule has 0 aliphatic carbocycles. The number of benzene rings is 2. The molecule has 3 atom stereocenters. The number of hydrogen-bond donors (Lipinski definition) is 0. The van der Waals surface area contributed by atoms with E-state index in [1.54, 1.807) is 11.9 Å². The van der Waals surface area contributed by atoms with Gasteiger partial charge < -0.3 is 14.4 Å². The van der Waals surface area contributed by atoms with Crippen LogP contribution in [0.15, 0.2) is 54.6 Å². The van der Waals surface area contributed by atoms with E-state index in [2.05, 4.69) is 0 Å². The second-order valence-corrected chi connectivity index (χ2v) is 6.65. The van der Waals surface area contributed by atoms with E-state index in [-0.39, 0.29) is 30.6 Å². The molecule has 3 rings (SSSR count). The van der Waals surface area contributed by atoms with Crippen molar-refractivity contribution >= 4 is 12.1 Å². The molecule has 5 nitrogen and oxygen atoms in total. The monoisotopic (exact) mass is 353 g/mol. The number of esters is 1. The van der Waals surface area contributed by atoms with Crippen LogP contribution >= 0.6 is 0 Å². The molecule has 2 aromatic carbocycles. The predicted octanol–water partition coefficient (Wildman–Crippen LogP) is 4.04. The third-order valence-electron chi connectivity index (χ3n) is 4.75. The summed E-state index contributed by atoms with van der Waals surface area (Å²) < 4.78 is 11.0. The van der Waals surface area contributed by atoms with Crippen LogP contribution in [0.1, 0.15) is 35.8 Å². The molecular weight excluding hydrogens is 330 g/mol. The summed E-state index contributed by atoms with van der Waals surface area (Å²) in [5.74, 6) is -0.564. The summed E-state index contributed by atoms with van der Waals surface area (Å²) in [7, 11) is 1.72. The van der Waals surface area contributed by atoms with Gasteiger partial charge in [0.15, 0.2) is 0 Å². The maximum absolute atomic E-state index is 12.5. The standard InChI is InChI=1S/C21H23NO4/c1-14-9-11-16(12-10-14)19-18(13-25-15(2)23)20(26-21(24)22(19)3)17-7-5-4-6-8-17/h4-12,18-20H,13H2,1-3H3. The van der Waals surface area contributed by atoms with Gasteiger partial charge in [0.2, 0.25) is 0 Å². The van der Waals surface area contributed by atoms with E-state index in [1.807, 2.05) is 61.5 Å². The fourth-order valence-corrected chi connectivity index (χ4v) is 3.43. The number of rotatable bonds is 4. The quantitative estimate of drug-likeness (QED) is 0.779. The normalized spacial score (nSPS) is 22.7. The van der Waals surface area contributed by atoms with Gasteiger partial charge in [0.1, 0.15) is 12.7 Å². The number of amides is 1. The number of cyclic esters (lactones) is 1. The van der Waals surface area contributed by atoms with Gasteiger partial charge in [0.25, 0.3) is 0 Å². The summed E-state index contributed by atoms with van der Waals surface area (Å²) in [6, 6.07) is 17.4. The Kier molecular flexibility index (Phi) is 5.26. The molecule has 5 heteroatoms. The van der Waals surface area contributed by atoms with Gasteiger partial charge in [-0.3, -0.25) is 4.79 Å². The zero-order valence-electron chi connectivity index (χ0n) is 15.2. The molecule has 1 heterocycles. The smallest absolute Gasteiger partial charge is 0.410 e. The third-order valence-corrected chi connectivity index (χ3v) is 4.75. The van der Waals surface area contributed by atoms with Crippen molar-refractivity contribution in [2.75, 3.05) is 13.7 Å². The second-order valence-electron chi connectivity index (χ2n) is 6.65. The van der Waals surface area contributed by atoms with Crippen LogP contribution in [0.5, 0.6) is 0 Å². The largest absolute Gasteiger partial charge is 0.465 e. The first-order chi connectivity index (χ1) is 12.5. The first-order valence-corrected chi connectivity index (χ1v) is 8.65. The van der Waals surface area contributed by atoms with E-state index in [4.69, 9.17) is 9.47 Å². The Hall–Kier alpha value is -2.82. The molecule has 1 fully saturated rings. The maximum Gasteiger partial charge on any atom is 0.410 e. The fourth-order valence-electron chi connectivity index (χ4n) is 3.43. The molecule has 0 spiro atoms. The average molecular weight is 353 g/mol. The van der Waals surface area contributed by atoms with Crippen molar-refractivity contribution in [2.24, 2.45) is 5.92 Å². The van der Waals surface area contributed by atoms with Crippen molar-refractivity contribution in [3.05, 3.63) is 71.3 Å². The summed E-state index contributed by atoms with van der Waals surface area (Å²) in [5, 5.41) is 0. The summed E-state index contributed by atoms with van der Waals surface area (Å²) in [5.41, 5.74) is 3.03. The lowest BCUT2D eigenvalue weighted by atomic mass is 9.83. The van der Waals surface area contributed by atoms with E-state index in [9.17, 15) is 9.59 Å². The molecule has 1 aliphatic heterocycles. The molecular formula is C21H23NO4. The Morgan fingerprint density at radius 3 is 2.35 bits per heavy atom. The van der Waals surface area contributed by atoms with Gasteiger partial charge in [0, 0.05) is 14.0 Å². The van der Waals surface area contributed by atoms with Gasteiger partial charge >= 0.3 is 12.1 Å². The summed E-state index contributed by atoms with van der Waals surface area (Å²) in [6.45, 7) is 3.58. The van der Waals surface area contributed by atoms with Crippen LogP contribution in [0.2, 0.25) is 0 Å². The molecule has 0 radical (unpaired) electrons. The van der Waals surface area contributed by atoms with Crippen LogP contribution in [0.25, 0.3) is 0 Å². The predicted molar refractivity (Wildman–Crippen MR) is 97.5 cm³/mol. The fraction of sp³-hybridized carbons (Fsp3) is 0.333. The van der Waals surface area contributed by atoms with Crippen molar-refractivity contribution in [1.29, 1.82) is 0 Å². The zero-order chi connectivity index (χ0) is 18.7. The average Bonchev–Trinajstić information content (AvgIpc) is 2.64. The highest BCUT2D eigenvalue weighted by molar-refractivity contribution is 5.70. The minimum Gasteiger partial charge on any atom is -0.465 e. The van der Waals surface area contributed by atoms with E-state index < -0.39 is 6.10 Å². The van der Waals surface area contributed by atoms with E-state index in [0.29, 0.717) is 0 Å². The van der Waals surface area contributed by atoms with Crippen LogP contribution in [0, 0.1) is 12.8 Å². The number of nitrogens with zero attached hydrogens (tertiary/aromatic N) is 1. The van der Waals surface area contributed by atoms with Gasteiger partial charge in [-0.2, -0.15) is 0 Å². The lowest BCUT2D eigenvalue weighted by Crippen LogP contribution is -2.46. The summed E-state index contributed by atoms with van der Waals surface area (Å²) in [6.07, 6.45) is -0.867. The van der Waals surface area contributed by atoms with E-state index >= 15 is 0 Å². The van der Waals surface area contributed by atoms with Gasteiger partial charge in [-0.1, -0.05) is 60.2 Å². The highest BCUT2D eigenvalue weighted by Crippen LogP contribution is 2.43. The number of aryl methyl sites for hydroxylation is 1. The SMILES string of the molecule is CC(=O)OCC1C(c2ccccc2)OC(=O)N(C)C1c1ccc(C)cc1. The molecule has 2 aromatic rings. The van der Waals surface area contributed by atoms with E-state index in [1.165, 1.54) is 6.92 Å². The van der Waals surface area contributed by atoms with Gasteiger partial charge in [-0.25, -0.2) is 4.79 Å². The number of hydrogen-bond acceptors (Lipinski definition) is 4. The molecule has 3 unspecified atom stereocenters. The molecule has 136 valence electrons. The van der Waals surface area contributed by atoms with E-state index in [0.717, 1.165) is 16.7 Å². The molecule has 0 N–H and O–H groups in total. The van der Waals surface area contributed by atoms with Crippen molar-refractivity contribution in [2.45, 2.75) is 26.0 Å². The van der Waals surface area contributed by atoms with Crippen LogP contribution in [0.4, 0.5) is 4.79 Å². The molecule has 26 heavy (non-hydrogen) atoms. The zero-order valence-corrected chi connectivity index (χ0v) is 15.2. The molecule has 1 amide bonds. The number of carbonyl (C=O) groups is 2. The first kappa shape index (κ1) is 18.0. The minimum atomic E-state index is -0.481. The topological polar surface area (TPSA) is 55.8 Å². The number of carbonyl (C=O) groups excluding carboxylic acids is 2. The van der Waals surface area contributed by atoms with Crippen LogP contribution < -0.4 is 0 Å². The summed E-state index contributed by atoms with van der Waals surface area (Å²) >= 11 is 0. The lowest BCUT2D eigenvalue weighted by molar-refractivity contribution is -0.146. The van der Waals surface area contributed by atoms with Gasteiger partial charge in [0.05, 0.1) is 12.0 Å². The maximum atomic E-state index is 12.5. The van der Waals surface area contributed by atoms with Crippen molar-refractivity contribution in [3.63, 3.8) is 0 Å². The Morgan fingerprint density at radius 1 is 1.08 bits per heavy atom. The first-order valence-electron chi connectivity index (χ1n) is 8.65. The van der Waals surface area contributed by atoms with Crippen LogP contribution in [-0.4, -0.2) is 30.6 Å². The summed E-state index contributed by atoms with van der Waals surface area (Å²) in [4.78, 5) is 25.5. The van der Waals surface area contributed by atoms with Crippen molar-refractivity contribution < 1.29 is 19.1 Å². The highest BCUT2D eigenvalue weighted by Gasteiger charge is 2.44. The minimum absolute atomic E-state index is 0.172. The molecule has 0 saturated carbocycles. The van der Waals surface area contributed by atoms with Crippen LogP contribution in [-0.2, 0) is 14.3 Å². The molecule has 0 bridgehead atoms. The number of ether oxygens (including phenoxy) is 2. The van der Waals surface area contributed by atoms with Crippen molar-refractivity contribution in [3.8, 4) is 0 Å². The Balaban J connectivity index is 2.02. The van der Waals surface area contributed by atoms with Crippen molar-refractivity contribution in [1.82, 2.24) is 4.90 Å². The highest BCUT2D eigenvalue weighted by atomic mass is 16.6. The Labute approximate surface area is 153 Å². The molecule has 1 aliphatic rings. The Bertz CT molecular complexity index is 772. The third kappa shape index (κ3) is 3.72. The van der Waals surface area contributed by atoms with Gasteiger partial charge in [-0.05, 0) is 18.1 Å². The molecule has 0 aromatic heterocycles. The Morgan fingerprint density at radius 2 is 1.73 bits per heavy atom. The lowest BCUT2D eigenvalue weighted by Gasteiger charge is -2.43. The van der Waals surface area contributed by atoms with Crippen LogP contribution in [0.3, 0.4) is 0 Å². The second kappa shape index (κ2) is 7.60. The molecule has 1 saturated heterocycles. The van der Waals surface area contributed by atoms with Gasteiger partial charge in [-0.15, -0.1) is 0 Å².